The van der Waals surface area contributed by atoms with Crippen molar-refractivity contribution in [2.45, 2.75) is 5.38 Å². The quantitative estimate of drug-likeness (QED) is 0.372. The first-order valence-electron chi connectivity index (χ1n) is 3.56. The van der Waals surface area contributed by atoms with Crippen LogP contribution >= 0.6 is 38.9 Å². The fraction of sp³-hybridized carbons (Fsp3) is 0.250. The van der Waals surface area contributed by atoms with Gasteiger partial charge in [0.1, 0.15) is 0 Å². The highest BCUT2D eigenvalue weighted by atomic mass is 79.9. The monoisotopic (exact) mass is 296 g/mol. The SMILES string of the molecule is COC(=O)C(Cl)C(=O)c1cc(Br)cs1. The first kappa shape index (κ1) is 11.7. The maximum Gasteiger partial charge on any atom is 0.331 e. The average Bonchev–Trinajstić information content (AvgIpc) is 2.61. The lowest BCUT2D eigenvalue weighted by molar-refractivity contribution is -0.139. The number of ether oxygens (including phenoxy) is 1. The van der Waals surface area contributed by atoms with E-state index in [1.807, 2.05) is 0 Å². The van der Waals surface area contributed by atoms with Gasteiger partial charge in [-0.25, -0.2) is 4.79 Å². The Morgan fingerprint density at radius 1 is 1.64 bits per heavy atom. The number of hydrogen-bond donors (Lipinski definition) is 0. The van der Waals surface area contributed by atoms with E-state index >= 15 is 0 Å². The second-order valence-corrected chi connectivity index (χ2v) is 4.64. The summed E-state index contributed by atoms with van der Waals surface area (Å²) in [6.45, 7) is 0. The molecule has 1 aromatic heterocycles. The van der Waals surface area contributed by atoms with Crippen LogP contribution in [-0.4, -0.2) is 24.2 Å². The third kappa shape index (κ3) is 2.56. The van der Waals surface area contributed by atoms with Crippen molar-refractivity contribution in [1.29, 1.82) is 0 Å². The normalized spacial score (nSPS) is 12.2. The number of thiophene rings is 1. The molecule has 3 nitrogen and oxygen atoms in total. The van der Waals surface area contributed by atoms with E-state index in [1.165, 1.54) is 18.4 Å². The van der Waals surface area contributed by atoms with E-state index in [0.29, 0.717) is 4.88 Å². The number of carbonyl (C=O) groups is 2. The lowest BCUT2D eigenvalue weighted by Crippen LogP contribution is -2.25. The van der Waals surface area contributed by atoms with Crippen LogP contribution in [-0.2, 0) is 9.53 Å². The number of rotatable bonds is 3. The van der Waals surface area contributed by atoms with Gasteiger partial charge in [-0.1, -0.05) is 0 Å². The minimum atomic E-state index is -1.26. The molecular formula is C8H6BrClO3S. The number of halogens is 2. The lowest BCUT2D eigenvalue weighted by atomic mass is 10.2. The summed E-state index contributed by atoms with van der Waals surface area (Å²) in [5, 5.41) is 0.485. The van der Waals surface area contributed by atoms with E-state index < -0.39 is 17.1 Å². The molecule has 0 aliphatic rings. The molecule has 0 N–H and O–H groups in total. The van der Waals surface area contributed by atoms with Gasteiger partial charge in [-0.2, -0.15) is 0 Å². The summed E-state index contributed by atoms with van der Waals surface area (Å²) < 4.78 is 5.15. The molecule has 6 heteroatoms. The fourth-order valence-electron chi connectivity index (χ4n) is 0.778. The molecule has 0 spiro atoms. The fourth-order valence-corrected chi connectivity index (χ4v) is 2.45. The molecule has 0 amide bonds. The van der Waals surface area contributed by atoms with Gasteiger partial charge in [-0.3, -0.25) is 4.79 Å². The number of ketones is 1. The summed E-state index contributed by atoms with van der Waals surface area (Å²) in [4.78, 5) is 22.9. The third-order valence-electron chi connectivity index (χ3n) is 1.45. The van der Waals surface area contributed by atoms with Gasteiger partial charge < -0.3 is 4.74 Å². The Morgan fingerprint density at radius 3 is 2.71 bits per heavy atom. The van der Waals surface area contributed by atoms with Crippen molar-refractivity contribution < 1.29 is 14.3 Å². The van der Waals surface area contributed by atoms with E-state index in [4.69, 9.17) is 11.6 Å². The van der Waals surface area contributed by atoms with Crippen LogP contribution in [0.2, 0.25) is 0 Å². The van der Waals surface area contributed by atoms with E-state index in [9.17, 15) is 9.59 Å². The zero-order valence-electron chi connectivity index (χ0n) is 7.12. The average molecular weight is 298 g/mol. The van der Waals surface area contributed by atoms with Gasteiger partial charge in [0, 0.05) is 9.85 Å². The van der Waals surface area contributed by atoms with Gasteiger partial charge in [-0.15, -0.1) is 22.9 Å². The van der Waals surface area contributed by atoms with Crippen LogP contribution in [0.15, 0.2) is 15.9 Å². The number of carbonyl (C=O) groups excluding carboxylic acids is 2. The third-order valence-corrected chi connectivity index (χ3v) is 3.53. The van der Waals surface area contributed by atoms with Crippen LogP contribution in [0, 0.1) is 0 Å². The van der Waals surface area contributed by atoms with Gasteiger partial charge in [0.25, 0.3) is 0 Å². The molecule has 0 bridgehead atoms. The number of methoxy groups -OCH3 is 1. The highest BCUT2D eigenvalue weighted by Gasteiger charge is 2.26. The molecule has 1 heterocycles. The minimum absolute atomic E-state index is 0.433. The summed E-state index contributed by atoms with van der Waals surface area (Å²) >= 11 is 10.0. The van der Waals surface area contributed by atoms with Gasteiger partial charge in [-0.05, 0) is 22.0 Å². The second-order valence-electron chi connectivity index (χ2n) is 2.38. The Labute approximate surface area is 98.1 Å². The zero-order valence-corrected chi connectivity index (χ0v) is 10.3. The Morgan fingerprint density at radius 2 is 2.29 bits per heavy atom. The van der Waals surface area contributed by atoms with Gasteiger partial charge in [0.15, 0.2) is 5.38 Å². The van der Waals surface area contributed by atoms with Crippen molar-refractivity contribution in [3.63, 3.8) is 0 Å². The molecule has 0 aromatic carbocycles. The predicted octanol–water partition coefficient (Wildman–Crippen LogP) is 2.47. The Kier molecular flexibility index (Phi) is 4.10. The van der Waals surface area contributed by atoms with Crippen LogP contribution in [0.25, 0.3) is 0 Å². The van der Waals surface area contributed by atoms with E-state index in [-0.39, 0.29) is 0 Å². The highest BCUT2D eigenvalue weighted by Crippen LogP contribution is 2.22. The van der Waals surface area contributed by atoms with Crippen LogP contribution < -0.4 is 0 Å². The summed E-state index contributed by atoms with van der Waals surface area (Å²) in [5.74, 6) is -1.17. The topological polar surface area (TPSA) is 43.4 Å². The Balaban J connectivity index is 2.80. The Hall–Kier alpha value is -0.390. The zero-order chi connectivity index (χ0) is 10.7. The number of hydrogen-bond acceptors (Lipinski definition) is 4. The molecule has 1 atom stereocenters. The first-order chi connectivity index (χ1) is 6.56. The molecule has 0 saturated carbocycles. The molecule has 0 aliphatic carbocycles. The molecule has 1 aromatic rings. The molecule has 76 valence electrons. The molecule has 14 heavy (non-hydrogen) atoms. The molecular weight excluding hydrogens is 292 g/mol. The first-order valence-corrected chi connectivity index (χ1v) is 5.67. The Bertz CT molecular complexity index is 363. The molecule has 1 unspecified atom stereocenters. The van der Waals surface area contributed by atoms with Gasteiger partial charge in [0.2, 0.25) is 5.78 Å². The number of esters is 1. The molecule has 0 radical (unpaired) electrons. The van der Waals surface area contributed by atoms with E-state index in [0.717, 1.165) is 4.47 Å². The van der Waals surface area contributed by atoms with Gasteiger partial charge >= 0.3 is 5.97 Å². The summed E-state index contributed by atoms with van der Waals surface area (Å²) in [6, 6.07) is 1.62. The molecule has 0 saturated heterocycles. The van der Waals surface area contributed by atoms with Gasteiger partial charge in [0.05, 0.1) is 12.0 Å². The van der Waals surface area contributed by atoms with Crippen molar-refractivity contribution in [3.8, 4) is 0 Å². The summed E-state index contributed by atoms with van der Waals surface area (Å²) in [6.07, 6.45) is 0. The smallest absolute Gasteiger partial charge is 0.331 e. The van der Waals surface area contributed by atoms with Crippen molar-refractivity contribution in [1.82, 2.24) is 0 Å². The number of alkyl halides is 1. The maximum atomic E-state index is 11.5. The van der Waals surface area contributed by atoms with Crippen LogP contribution in [0.1, 0.15) is 9.67 Å². The van der Waals surface area contributed by atoms with Crippen molar-refractivity contribution in [2.75, 3.05) is 7.11 Å². The van der Waals surface area contributed by atoms with Crippen LogP contribution in [0.3, 0.4) is 0 Å². The standard InChI is InChI=1S/C8H6BrClO3S/c1-13-8(12)6(10)7(11)5-2-4(9)3-14-5/h2-3,6H,1H3. The second kappa shape index (κ2) is 4.91. The highest BCUT2D eigenvalue weighted by molar-refractivity contribution is 9.10. The summed E-state index contributed by atoms with van der Waals surface area (Å²) in [7, 11) is 1.19. The van der Waals surface area contributed by atoms with E-state index in [2.05, 4.69) is 20.7 Å². The summed E-state index contributed by atoms with van der Waals surface area (Å²) in [5.41, 5.74) is 0. The number of Topliss-reactive ketones (excluding diaryl/α,β-unsaturated/α-hetero) is 1. The largest absolute Gasteiger partial charge is 0.468 e. The van der Waals surface area contributed by atoms with Crippen molar-refractivity contribution in [3.05, 3.63) is 20.8 Å². The molecule has 0 aliphatic heterocycles. The van der Waals surface area contributed by atoms with Crippen molar-refractivity contribution in [2.24, 2.45) is 0 Å². The lowest BCUT2D eigenvalue weighted by Gasteiger charge is -2.03. The van der Waals surface area contributed by atoms with Crippen LogP contribution in [0.4, 0.5) is 0 Å². The van der Waals surface area contributed by atoms with E-state index in [1.54, 1.807) is 11.4 Å². The molecule has 1 rings (SSSR count). The van der Waals surface area contributed by atoms with Crippen LogP contribution in [0.5, 0.6) is 0 Å². The molecule has 0 fully saturated rings. The predicted molar refractivity (Wildman–Crippen MR) is 58.0 cm³/mol. The maximum absolute atomic E-state index is 11.5. The van der Waals surface area contributed by atoms with Crippen molar-refractivity contribution >= 4 is 50.6 Å². The minimum Gasteiger partial charge on any atom is -0.468 e.